The number of unbranched alkanes of at least 4 members (excludes halogenated alkanes) is 2. The van der Waals surface area contributed by atoms with Crippen LogP contribution in [0.4, 0.5) is 0 Å². The third-order valence-corrected chi connectivity index (χ3v) is 2.82. The molecule has 0 radical (unpaired) electrons. The van der Waals surface area contributed by atoms with E-state index in [1.807, 2.05) is 6.08 Å². The highest BCUT2D eigenvalue weighted by molar-refractivity contribution is 4.75. The van der Waals surface area contributed by atoms with Crippen molar-refractivity contribution >= 4 is 0 Å². The van der Waals surface area contributed by atoms with E-state index >= 15 is 0 Å². The molecule has 0 bridgehead atoms. The average molecular weight is 226 g/mol. The van der Waals surface area contributed by atoms with Crippen LogP contribution in [0.2, 0.25) is 0 Å². The van der Waals surface area contributed by atoms with Gasteiger partial charge in [0.1, 0.15) is 0 Å². The molecule has 1 N–H and O–H groups in total. The van der Waals surface area contributed by atoms with Gasteiger partial charge in [0.05, 0.1) is 0 Å². The van der Waals surface area contributed by atoms with Crippen molar-refractivity contribution in [2.75, 3.05) is 26.2 Å². The van der Waals surface area contributed by atoms with Crippen molar-refractivity contribution in [3.8, 4) is 0 Å². The standard InChI is InChI=1S/C14H30N2/c1-5-10-15-11-8-7-9-13-16(12-6-2)14(3)4/h6,14-15H,2,5,7-13H2,1,3-4H3. The van der Waals surface area contributed by atoms with E-state index in [9.17, 15) is 0 Å². The molecule has 2 heteroatoms. The molecule has 0 aromatic carbocycles. The van der Waals surface area contributed by atoms with Gasteiger partial charge in [-0.25, -0.2) is 0 Å². The van der Waals surface area contributed by atoms with Gasteiger partial charge in [-0.2, -0.15) is 0 Å². The van der Waals surface area contributed by atoms with E-state index < -0.39 is 0 Å². The van der Waals surface area contributed by atoms with Crippen LogP contribution in [0, 0.1) is 0 Å². The molecule has 0 saturated heterocycles. The summed E-state index contributed by atoms with van der Waals surface area (Å²) >= 11 is 0. The maximum absolute atomic E-state index is 3.81. The van der Waals surface area contributed by atoms with Gasteiger partial charge in [0.15, 0.2) is 0 Å². The van der Waals surface area contributed by atoms with E-state index in [0.29, 0.717) is 6.04 Å². The maximum atomic E-state index is 3.81. The van der Waals surface area contributed by atoms with Gasteiger partial charge in [-0.3, -0.25) is 4.90 Å². The first-order valence-corrected chi connectivity index (χ1v) is 6.78. The fourth-order valence-corrected chi connectivity index (χ4v) is 1.77. The summed E-state index contributed by atoms with van der Waals surface area (Å²) in [5.74, 6) is 0. The number of hydrogen-bond acceptors (Lipinski definition) is 2. The normalized spacial score (nSPS) is 11.3. The number of nitrogens with one attached hydrogen (secondary N) is 1. The Balaban J connectivity index is 3.36. The van der Waals surface area contributed by atoms with Crippen LogP contribution >= 0.6 is 0 Å². The second kappa shape index (κ2) is 11.2. The molecule has 0 aromatic rings. The fraction of sp³-hybridized carbons (Fsp3) is 0.857. The summed E-state index contributed by atoms with van der Waals surface area (Å²) in [7, 11) is 0. The minimum absolute atomic E-state index is 0.635. The summed E-state index contributed by atoms with van der Waals surface area (Å²) in [5.41, 5.74) is 0. The molecule has 0 heterocycles. The van der Waals surface area contributed by atoms with Crippen LogP contribution in [-0.4, -0.2) is 37.1 Å². The number of hydrogen-bond donors (Lipinski definition) is 1. The average Bonchev–Trinajstić information content (AvgIpc) is 2.26. The molecule has 0 aromatic heterocycles. The van der Waals surface area contributed by atoms with Gasteiger partial charge >= 0.3 is 0 Å². The van der Waals surface area contributed by atoms with Crippen molar-refractivity contribution in [2.24, 2.45) is 0 Å². The molecule has 96 valence electrons. The molecule has 0 saturated carbocycles. The minimum Gasteiger partial charge on any atom is -0.317 e. The molecule has 0 atom stereocenters. The third-order valence-electron chi connectivity index (χ3n) is 2.82. The minimum atomic E-state index is 0.635. The third kappa shape index (κ3) is 8.93. The predicted octanol–water partition coefficient (Wildman–Crippen LogP) is 3.05. The SMILES string of the molecule is C=CCN(CCCCCNCCC)C(C)C. The van der Waals surface area contributed by atoms with E-state index in [4.69, 9.17) is 0 Å². The lowest BCUT2D eigenvalue weighted by atomic mass is 10.2. The lowest BCUT2D eigenvalue weighted by Gasteiger charge is -2.24. The smallest absolute Gasteiger partial charge is 0.0163 e. The van der Waals surface area contributed by atoms with Crippen LogP contribution in [0.5, 0.6) is 0 Å². The van der Waals surface area contributed by atoms with Crippen molar-refractivity contribution < 1.29 is 0 Å². The van der Waals surface area contributed by atoms with Gasteiger partial charge in [-0.15, -0.1) is 6.58 Å². The number of rotatable bonds is 11. The van der Waals surface area contributed by atoms with Crippen molar-refractivity contribution in [1.82, 2.24) is 10.2 Å². The van der Waals surface area contributed by atoms with Crippen molar-refractivity contribution in [2.45, 2.75) is 52.5 Å². The van der Waals surface area contributed by atoms with Crippen LogP contribution in [0.1, 0.15) is 46.5 Å². The Morgan fingerprint density at radius 3 is 2.50 bits per heavy atom. The molecular formula is C14H30N2. The van der Waals surface area contributed by atoms with Gasteiger partial charge in [-0.05, 0) is 52.7 Å². The fourth-order valence-electron chi connectivity index (χ4n) is 1.77. The highest BCUT2D eigenvalue weighted by Gasteiger charge is 2.05. The maximum Gasteiger partial charge on any atom is 0.0163 e. The van der Waals surface area contributed by atoms with Crippen molar-refractivity contribution in [1.29, 1.82) is 0 Å². The molecule has 0 rings (SSSR count). The second-order valence-electron chi connectivity index (χ2n) is 4.69. The van der Waals surface area contributed by atoms with Gasteiger partial charge < -0.3 is 5.32 Å². The van der Waals surface area contributed by atoms with E-state index in [2.05, 4.69) is 37.6 Å². The van der Waals surface area contributed by atoms with Gasteiger partial charge in [-0.1, -0.05) is 19.4 Å². The lowest BCUT2D eigenvalue weighted by Crippen LogP contribution is -2.32. The molecular weight excluding hydrogens is 196 g/mol. The topological polar surface area (TPSA) is 15.3 Å². The van der Waals surface area contributed by atoms with Crippen LogP contribution in [0.15, 0.2) is 12.7 Å². The van der Waals surface area contributed by atoms with Crippen molar-refractivity contribution in [3.63, 3.8) is 0 Å². The molecule has 0 unspecified atom stereocenters. The van der Waals surface area contributed by atoms with Crippen LogP contribution in [0.3, 0.4) is 0 Å². The van der Waals surface area contributed by atoms with Gasteiger partial charge in [0, 0.05) is 12.6 Å². The Labute approximate surface area is 102 Å². The van der Waals surface area contributed by atoms with Gasteiger partial charge in [0.2, 0.25) is 0 Å². The summed E-state index contributed by atoms with van der Waals surface area (Å²) in [4.78, 5) is 2.48. The molecule has 0 spiro atoms. The Morgan fingerprint density at radius 2 is 1.94 bits per heavy atom. The van der Waals surface area contributed by atoms with E-state index in [0.717, 1.165) is 13.1 Å². The zero-order chi connectivity index (χ0) is 12.2. The zero-order valence-electron chi connectivity index (χ0n) is 11.5. The Bertz CT molecular complexity index is 155. The lowest BCUT2D eigenvalue weighted by molar-refractivity contribution is 0.240. The highest BCUT2D eigenvalue weighted by atomic mass is 15.1. The predicted molar refractivity (Wildman–Crippen MR) is 73.9 cm³/mol. The van der Waals surface area contributed by atoms with Crippen LogP contribution < -0.4 is 5.32 Å². The van der Waals surface area contributed by atoms with Gasteiger partial charge in [0.25, 0.3) is 0 Å². The highest BCUT2D eigenvalue weighted by Crippen LogP contribution is 2.03. The quantitative estimate of drug-likeness (QED) is 0.430. The molecule has 16 heavy (non-hydrogen) atoms. The molecule has 2 nitrogen and oxygen atoms in total. The summed E-state index contributed by atoms with van der Waals surface area (Å²) in [6.07, 6.45) is 7.18. The van der Waals surface area contributed by atoms with Crippen molar-refractivity contribution in [3.05, 3.63) is 12.7 Å². The second-order valence-corrected chi connectivity index (χ2v) is 4.69. The van der Waals surface area contributed by atoms with Crippen LogP contribution in [0.25, 0.3) is 0 Å². The molecule has 0 aliphatic heterocycles. The van der Waals surface area contributed by atoms with Crippen LogP contribution in [-0.2, 0) is 0 Å². The van der Waals surface area contributed by atoms with E-state index in [1.165, 1.54) is 38.8 Å². The first-order chi connectivity index (χ1) is 7.72. The first-order valence-electron chi connectivity index (χ1n) is 6.78. The molecule has 0 fully saturated rings. The summed E-state index contributed by atoms with van der Waals surface area (Å²) < 4.78 is 0. The largest absolute Gasteiger partial charge is 0.317 e. The first kappa shape index (κ1) is 15.7. The van der Waals surface area contributed by atoms with E-state index in [-0.39, 0.29) is 0 Å². The zero-order valence-corrected chi connectivity index (χ0v) is 11.5. The summed E-state index contributed by atoms with van der Waals surface area (Å²) in [6, 6.07) is 0.635. The molecule has 0 amide bonds. The Kier molecular flexibility index (Phi) is 10.9. The Hall–Kier alpha value is -0.340. The van der Waals surface area contributed by atoms with E-state index in [1.54, 1.807) is 0 Å². The summed E-state index contributed by atoms with van der Waals surface area (Å²) in [6.45, 7) is 15.1. The monoisotopic (exact) mass is 226 g/mol. The number of nitrogens with zero attached hydrogens (tertiary/aromatic N) is 1. The Morgan fingerprint density at radius 1 is 1.19 bits per heavy atom. The molecule has 0 aliphatic rings. The molecule has 0 aliphatic carbocycles. The summed E-state index contributed by atoms with van der Waals surface area (Å²) in [5, 5.41) is 3.44.